The average Bonchev–Trinajstić information content (AvgIpc) is 2.88. The quantitative estimate of drug-likeness (QED) is 0.907. The Balaban J connectivity index is 1.89. The number of nitrogens with one attached hydrogen (secondary N) is 1. The summed E-state index contributed by atoms with van der Waals surface area (Å²) in [6.45, 7) is 4.62. The van der Waals surface area contributed by atoms with E-state index in [2.05, 4.69) is 10.2 Å². The highest BCUT2D eigenvalue weighted by molar-refractivity contribution is 5.94. The summed E-state index contributed by atoms with van der Waals surface area (Å²) in [5, 5.41) is 2.72. The summed E-state index contributed by atoms with van der Waals surface area (Å²) in [4.78, 5) is 14.1. The van der Waals surface area contributed by atoms with Gasteiger partial charge in [-0.1, -0.05) is 0 Å². The van der Waals surface area contributed by atoms with Crippen LogP contribution in [0.3, 0.4) is 0 Å². The van der Waals surface area contributed by atoms with Gasteiger partial charge in [0.2, 0.25) is 0 Å². The van der Waals surface area contributed by atoms with Crippen molar-refractivity contribution < 1.29 is 13.6 Å². The fourth-order valence-corrected chi connectivity index (χ4v) is 2.34. The van der Waals surface area contributed by atoms with Crippen molar-refractivity contribution in [1.29, 1.82) is 0 Å². The molecule has 5 heteroatoms. The van der Waals surface area contributed by atoms with Crippen LogP contribution in [0, 0.1) is 11.6 Å². The second-order valence-corrected chi connectivity index (χ2v) is 4.96. The van der Waals surface area contributed by atoms with Gasteiger partial charge in [0.15, 0.2) is 0 Å². The molecule has 0 aliphatic carbocycles. The molecule has 1 heterocycles. The van der Waals surface area contributed by atoms with Gasteiger partial charge in [-0.2, -0.15) is 0 Å². The van der Waals surface area contributed by atoms with E-state index in [9.17, 15) is 13.6 Å². The minimum absolute atomic E-state index is 0.0196. The number of rotatable bonds is 4. The molecule has 1 atom stereocenters. The van der Waals surface area contributed by atoms with Gasteiger partial charge in [-0.05, 0) is 45.0 Å². The third-order valence-corrected chi connectivity index (χ3v) is 3.45. The predicted octanol–water partition coefficient (Wildman–Crippen LogP) is 2.18. The van der Waals surface area contributed by atoms with Crippen LogP contribution in [0.1, 0.15) is 30.1 Å². The van der Waals surface area contributed by atoms with Crippen molar-refractivity contribution in [3.8, 4) is 0 Å². The lowest BCUT2D eigenvalue weighted by molar-refractivity contribution is 0.0939. The molecule has 2 rings (SSSR count). The molecule has 0 saturated carbocycles. The molecule has 0 unspecified atom stereocenters. The molecule has 3 nitrogen and oxygen atoms in total. The van der Waals surface area contributed by atoms with Gasteiger partial charge in [-0.15, -0.1) is 0 Å². The Morgan fingerprint density at radius 1 is 1.26 bits per heavy atom. The average molecular weight is 268 g/mol. The third kappa shape index (κ3) is 3.73. The first-order valence-electron chi connectivity index (χ1n) is 6.54. The molecule has 1 N–H and O–H groups in total. The summed E-state index contributed by atoms with van der Waals surface area (Å²) in [5.74, 6) is -1.92. The van der Waals surface area contributed by atoms with Crippen LogP contribution in [0.25, 0.3) is 0 Å². The molecule has 0 bridgehead atoms. The van der Waals surface area contributed by atoms with Crippen molar-refractivity contribution in [1.82, 2.24) is 10.2 Å². The van der Waals surface area contributed by atoms with Crippen LogP contribution in [0.5, 0.6) is 0 Å². The van der Waals surface area contributed by atoms with Crippen molar-refractivity contribution in [2.24, 2.45) is 0 Å². The van der Waals surface area contributed by atoms with E-state index >= 15 is 0 Å². The molecule has 0 aromatic heterocycles. The first-order chi connectivity index (χ1) is 9.06. The fraction of sp³-hybridized carbons (Fsp3) is 0.500. The Bertz CT molecular complexity index is 439. The van der Waals surface area contributed by atoms with Crippen LogP contribution in [0.15, 0.2) is 18.2 Å². The zero-order valence-electron chi connectivity index (χ0n) is 11.0. The van der Waals surface area contributed by atoms with E-state index in [4.69, 9.17) is 0 Å². The van der Waals surface area contributed by atoms with Crippen molar-refractivity contribution >= 4 is 5.91 Å². The summed E-state index contributed by atoms with van der Waals surface area (Å²) >= 11 is 0. The summed E-state index contributed by atoms with van der Waals surface area (Å²) < 4.78 is 26.0. The number of amides is 1. The van der Waals surface area contributed by atoms with Crippen LogP contribution in [0.2, 0.25) is 0 Å². The van der Waals surface area contributed by atoms with Gasteiger partial charge in [0.05, 0.1) is 0 Å². The second-order valence-electron chi connectivity index (χ2n) is 4.96. The van der Waals surface area contributed by atoms with E-state index < -0.39 is 17.5 Å². The Kier molecular flexibility index (Phi) is 4.47. The summed E-state index contributed by atoms with van der Waals surface area (Å²) in [7, 11) is 0. The second kappa shape index (κ2) is 6.10. The number of hydrogen-bond acceptors (Lipinski definition) is 2. The molecule has 104 valence electrons. The minimum Gasteiger partial charge on any atom is -0.350 e. The smallest absolute Gasteiger partial charge is 0.251 e. The van der Waals surface area contributed by atoms with Gasteiger partial charge in [-0.3, -0.25) is 9.69 Å². The summed E-state index contributed by atoms with van der Waals surface area (Å²) in [5.41, 5.74) is 0.0196. The largest absolute Gasteiger partial charge is 0.350 e. The molecular weight excluding hydrogens is 250 g/mol. The highest BCUT2D eigenvalue weighted by Crippen LogP contribution is 2.11. The molecule has 1 aliphatic heterocycles. The van der Waals surface area contributed by atoms with Crippen LogP contribution < -0.4 is 5.32 Å². The molecular formula is C14H18F2N2O. The number of carbonyl (C=O) groups excluding carboxylic acids is 1. The van der Waals surface area contributed by atoms with Gasteiger partial charge in [0, 0.05) is 24.2 Å². The van der Waals surface area contributed by atoms with Crippen LogP contribution >= 0.6 is 0 Å². The normalized spacial score (nSPS) is 17.4. The van der Waals surface area contributed by atoms with Crippen molar-refractivity contribution in [3.05, 3.63) is 35.4 Å². The van der Waals surface area contributed by atoms with Gasteiger partial charge < -0.3 is 5.32 Å². The minimum atomic E-state index is -0.738. The number of likely N-dealkylation sites (tertiary alicyclic amines) is 1. The monoisotopic (exact) mass is 268 g/mol. The Labute approximate surface area is 111 Å². The number of halogens is 2. The zero-order chi connectivity index (χ0) is 13.8. The molecule has 19 heavy (non-hydrogen) atoms. The SMILES string of the molecule is C[C@@H](CNC(=O)c1cc(F)cc(F)c1)N1CCCC1. The van der Waals surface area contributed by atoms with Crippen LogP contribution in [-0.2, 0) is 0 Å². The van der Waals surface area contributed by atoms with E-state index in [0.29, 0.717) is 6.54 Å². The van der Waals surface area contributed by atoms with Gasteiger partial charge in [-0.25, -0.2) is 8.78 Å². The molecule has 1 aliphatic rings. The van der Waals surface area contributed by atoms with E-state index in [-0.39, 0.29) is 11.6 Å². The number of nitrogens with zero attached hydrogens (tertiary/aromatic N) is 1. The Morgan fingerprint density at radius 2 is 1.84 bits per heavy atom. The van der Waals surface area contributed by atoms with Crippen molar-refractivity contribution in [3.63, 3.8) is 0 Å². The van der Waals surface area contributed by atoms with Crippen molar-refractivity contribution in [2.45, 2.75) is 25.8 Å². The van der Waals surface area contributed by atoms with E-state index in [1.54, 1.807) is 0 Å². The highest BCUT2D eigenvalue weighted by atomic mass is 19.1. The Morgan fingerprint density at radius 3 is 2.42 bits per heavy atom. The molecule has 1 fully saturated rings. The number of benzene rings is 1. The standard InChI is InChI=1S/C14H18F2N2O/c1-10(18-4-2-3-5-18)9-17-14(19)11-6-12(15)8-13(16)7-11/h6-8,10H,2-5,9H2,1H3,(H,17,19)/t10-/m0/s1. The molecule has 1 amide bonds. The zero-order valence-corrected chi connectivity index (χ0v) is 11.0. The van der Waals surface area contributed by atoms with Crippen LogP contribution in [-0.4, -0.2) is 36.5 Å². The first-order valence-corrected chi connectivity index (χ1v) is 6.54. The lowest BCUT2D eigenvalue weighted by Gasteiger charge is -2.23. The topological polar surface area (TPSA) is 32.3 Å². The molecule has 1 aromatic rings. The predicted molar refractivity (Wildman–Crippen MR) is 69.0 cm³/mol. The fourth-order valence-electron chi connectivity index (χ4n) is 2.34. The summed E-state index contributed by atoms with van der Waals surface area (Å²) in [6, 6.07) is 3.08. The van der Waals surface area contributed by atoms with E-state index in [0.717, 1.165) is 31.3 Å². The maximum absolute atomic E-state index is 13.0. The summed E-state index contributed by atoms with van der Waals surface area (Å²) in [6.07, 6.45) is 2.38. The van der Waals surface area contributed by atoms with E-state index in [1.807, 2.05) is 6.92 Å². The third-order valence-electron chi connectivity index (χ3n) is 3.45. The molecule has 0 spiro atoms. The number of hydrogen-bond donors (Lipinski definition) is 1. The number of carbonyl (C=O) groups is 1. The molecule has 0 radical (unpaired) electrons. The maximum atomic E-state index is 13.0. The molecule has 1 aromatic carbocycles. The van der Waals surface area contributed by atoms with Crippen molar-refractivity contribution in [2.75, 3.05) is 19.6 Å². The highest BCUT2D eigenvalue weighted by Gasteiger charge is 2.18. The maximum Gasteiger partial charge on any atom is 0.251 e. The lowest BCUT2D eigenvalue weighted by Crippen LogP contribution is -2.40. The molecule has 1 saturated heterocycles. The van der Waals surface area contributed by atoms with E-state index in [1.165, 1.54) is 12.8 Å². The lowest BCUT2D eigenvalue weighted by atomic mass is 10.2. The Hall–Kier alpha value is -1.49. The van der Waals surface area contributed by atoms with Gasteiger partial charge >= 0.3 is 0 Å². The van der Waals surface area contributed by atoms with Gasteiger partial charge in [0.1, 0.15) is 11.6 Å². The van der Waals surface area contributed by atoms with Gasteiger partial charge in [0.25, 0.3) is 5.91 Å². The first kappa shape index (κ1) is 13.9. The van der Waals surface area contributed by atoms with Crippen LogP contribution in [0.4, 0.5) is 8.78 Å².